The molecule has 0 aliphatic heterocycles. The molecule has 1 aromatic heterocycles. The number of hydrogen-bond donors (Lipinski definition) is 0. The maximum Gasteiger partial charge on any atom is 0.288 e. The van der Waals surface area contributed by atoms with Crippen LogP contribution in [0.3, 0.4) is 0 Å². The molecule has 0 bridgehead atoms. The summed E-state index contributed by atoms with van der Waals surface area (Å²) in [4.78, 5) is 0. The third kappa shape index (κ3) is 3.33. The topological polar surface area (TPSA) is 57.1 Å². The van der Waals surface area contributed by atoms with Crippen LogP contribution in [0.5, 0.6) is 0 Å². The highest BCUT2D eigenvalue weighted by molar-refractivity contribution is 5.89. The van der Waals surface area contributed by atoms with E-state index in [2.05, 4.69) is 10.2 Å². The third-order valence-corrected chi connectivity index (χ3v) is 2.98. The van der Waals surface area contributed by atoms with E-state index in [-0.39, 0.29) is 5.90 Å². The molecule has 3 aromatic rings. The van der Waals surface area contributed by atoms with Gasteiger partial charge in [0.05, 0.1) is 0 Å². The molecule has 2 aromatic carbocycles. The summed E-state index contributed by atoms with van der Waals surface area (Å²) in [5, 5.41) is 20.1. The lowest BCUT2D eigenvalue weighted by molar-refractivity contribution is -0.682. The number of benzene rings is 2. The van der Waals surface area contributed by atoms with E-state index in [0.717, 1.165) is 5.56 Å². The molecular formula is C16H14N4O. The first-order valence-corrected chi connectivity index (χ1v) is 6.60. The zero-order valence-electron chi connectivity index (χ0n) is 11.3. The number of rotatable bonds is 4. The van der Waals surface area contributed by atoms with Gasteiger partial charge in [-0.1, -0.05) is 60.7 Å². The van der Waals surface area contributed by atoms with Gasteiger partial charge in [0.15, 0.2) is 0 Å². The van der Waals surface area contributed by atoms with Crippen molar-refractivity contribution in [3.8, 4) is 0 Å². The van der Waals surface area contributed by atoms with Crippen LogP contribution in [0, 0.1) is 0 Å². The number of nitrogens with zero attached hydrogens (tertiary/aromatic N) is 4. The summed E-state index contributed by atoms with van der Waals surface area (Å²) in [6.45, 7) is 0.642. The molecule has 0 fully saturated rings. The van der Waals surface area contributed by atoms with Gasteiger partial charge in [0, 0.05) is 11.0 Å². The van der Waals surface area contributed by atoms with Crippen LogP contribution in [0.25, 0.3) is 0 Å². The molecule has 5 heteroatoms. The Morgan fingerprint density at radius 1 is 1.05 bits per heavy atom. The molecule has 0 saturated heterocycles. The summed E-state index contributed by atoms with van der Waals surface area (Å²) >= 11 is 0. The minimum atomic E-state index is -0.292. The molecule has 0 aliphatic rings. The molecule has 3 rings (SSSR count). The van der Waals surface area contributed by atoms with Gasteiger partial charge in [0.2, 0.25) is 6.33 Å². The quantitative estimate of drug-likeness (QED) is 0.402. The van der Waals surface area contributed by atoms with E-state index >= 15 is 0 Å². The van der Waals surface area contributed by atoms with Crippen molar-refractivity contribution in [1.82, 2.24) is 9.78 Å². The average Bonchev–Trinajstić information content (AvgIpc) is 2.96. The van der Waals surface area contributed by atoms with Gasteiger partial charge < -0.3 is 5.11 Å². The second kappa shape index (κ2) is 6.00. The molecule has 104 valence electrons. The Kier molecular flexibility index (Phi) is 3.73. The molecule has 0 saturated carbocycles. The van der Waals surface area contributed by atoms with Crippen LogP contribution in [-0.2, 0) is 6.54 Å². The van der Waals surface area contributed by atoms with Crippen molar-refractivity contribution in [2.75, 3.05) is 0 Å². The van der Waals surface area contributed by atoms with Crippen LogP contribution in [0.15, 0.2) is 78.4 Å². The van der Waals surface area contributed by atoms with Crippen LogP contribution in [0.4, 0.5) is 0 Å². The van der Waals surface area contributed by atoms with Gasteiger partial charge in [-0.25, -0.2) is 0 Å². The van der Waals surface area contributed by atoms with Crippen molar-refractivity contribution < 1.29 is 9.78 Å². The molecule has 0 radical (unpaired) electrons. The molecular weight excluding hydrogens is 264 g/mol. The first kappa shape index (κ1) is 13.1. The zero-order chi connectivity index (χ0) is 14.5. The Hall–Kier alpha value is -2.95. The number of hydrogen-bond acceptors (Lipinski definition) is 3. The zero-order valence-corrected chi connectivity index (χ0v) is 11.3. The largest absolute Gasteiger partial charge is 0.856 e. The van der Waals surface area contributed by atoms with Gasteiger partial charge in [0.25, 0.3) is 6.33 Å². The molecule has 0 amide bonds. The smallest absolute Gasteiger partial charge is 0.288 e. The Morgan fingerprint density at radius 3 is 2.43 bits per heavy atom. The van der Waals surface area contributed by atoms with Crippen molar-refractivity contribution in [3.63, 3.8) is 0 Å². The van der Waals surface area contributed by atoms with Crippen molar-refractivity contribution in [2.24, 2.45) is 5.10 Å². The minimum Gasteiger partial charge on any atom is -0.856 e. The van der Waals surface area contributed by atoms with Gasteiger partial charge in [-0.05, 0) is 11.1 Å². The van der Waals surface area contributed by atoms with E-state index in [1.165, 1.54) is 11.0 Å². The first-order valence-electron chi connectivity index (χ1n) is 6.60. The standard InChI is InChI=1S/C16H14N4O/c21-16(15-9-5-2-6-10-15)18-20-12-17-19(13-20)11-14-7-3-1-4-8-14/h1-10,12-13H,11H2. The monoisotopic (exact) mass is 278 g/mol. The van der Waals surface area contributed by atoms with Crippen LogP contribution in [0.2, 0.25) is 0 Å². The number of aromatic nitrogens is 3. The van der Waals surface area contributed by atoms with Gasteiger partial charge in [0.1, 0.15) is 6.54 Å². The second-order valence-corrected chi connectivity index (χ2v) is 4.58. The van der Waals surface area contributed by atoms with Crippen molar-refractivity contribution in [1.29, 1.82) is 0 Å². The average molecular weight is 278 g/mol. The fraction of sp³-hybridized carbons (Fsp3) is 0.0625. The molecule has 1 heterocycles. The summed E-state index contributed by atoms with van der Waals surface area (Å²) in [5.41, 5.74) is 1.70. The normalized spacial score (nSPS) is 11.5. The van der Waals surface area contributed by atoms with Crippen molar-refractivity contribution in [3.05, 3.63) is 84.4 Å². The predicted octanol–water partition coefficient (Wildman–Crippen LogP) is 0.789. The van der Waals surface area contributed by atoms with E-state index in [4.69, 9.17) is 0 Å². The highest BCUT2D eigenvalue weighted by atomic mass is 16.3. The molecule has 0 atom stereocenters. The molecule has 21 heavy (non-hydrogen) atoms. The lowest BCUT2D eigenvalue weighted by atomic mass is 10.2. The third-order valence-electron chi connectivity index (χ3n) is 2.98. The highest BCUT2D eigenvalue weighted by Gasteiger charge is 2.05. The predicted molar refractivity (Wildman–Crippen MR) is 76.3 cm³/mol. The van der Waals surface area contributed by atoms with Crippen molar-refractivity contribution >= 4 is 5.90 Å². The second-order valence-electron chi connectivity index (χ2n) is 4.58. The van der Waals surface area contributed by atoms with Gasteiger partial charge >= 0.3 is 0 Å². The molecule has 0 N–H and O–H groups in total. The summed E-state index contributed by atoms with van der Waals surface area (Å²) < 4.78 is 3.16. The maximum atomic E-state index is 12.0. The highest BCUT2D eigenvalue weighted by Crippen LogP contribution is 2.00. The summed E-state index contributed by atoms with van der Waals surface area (Å²) in [6, 6.07) is 18.9. The maximum absolute atomic E-state index is 12.0. The van der Waals surface area contributed by atoms with Gasteiger partial charge in [-0.3, -0.25) is 0 Å². The van der Waals surface area contributed by atoms with E-state index < -0.39 is 0 Å². The van der Waals surface area contributed by atoms with Gasteiger partial charge in [-0.15, -0.1) is 14.5 Å². The lowest BCUT2D eigenvalue weighted by Gasteiger charge is -2.07. The minimum absolute atomic E-state index is 0.292. The molecule has 0 aliphatic carbocycles. The fourth-order valence-electron chi connectivity index (χ4n) is 1.96. The lowest BCUT2D eigenvalue weighted by Crippen LogP contribution is -2.32. The van der Waals surface area contributed by atoms with E-state index in [1.54, 1.807) is 23.1 Å². The Balaban J connectivity index is 1.76. The Morgan fingerprint density at radius 2 is 1.71 bits per heavy atom. The van der Waals surface area contributed by atoms with E-state index in [1.807, 2.05) is 48.5 Å². The van der Waals surface area contributed by atoms with Crippen LogP contribution in [-0.4, -0.2) is 15.7 Å². The van der Waals surface area contributed by atoms with E-state index in [9.17, 15) is 5.11 Å². The Labute approximate surface area is 122 Å². The SMILES string of the molecule is [O-]/C(=N\[n+]1cnn(Cc2ccccc2)c1)c1ccccc1. The molecule has 5 nitrogen and oxygen atoms in total. The summed E-state index contributed by atoms with van der Waals surface area (Å²) in [5.74, 6) is -0.292. The van der Waals surface area contributed by atoms with Crippen LogP contribution >= 0.6 is 0 Å². The van der Waals surface area contributed by atoms with Gasteiger partial charge in [-0.2, -0.15) is 0 Å². The molecule has 0 unspecified atom stereocenters. The van der Waals surface area contributed by atoms with Crippen molar-refractivity contribution in [2.45, 2.75) is 6.54 Å². The first-order chi connectivity index (χ1) is 10.3. The van der Waals surface area contributed by atoms with Crippen LogP contribution < -0.4 is 9.78 Å². The fourth-order valence-corrected chi connectivity index (χ4v) is 1.96. The Bertz CT molecular complexity index is 735. The van der Waals surface area contributed by atoms with Crippen LogP contribution in [0.1, 0.15) is 11.1 Å². The summed E-state index contributed by atoms with van der Waals surface area (Å²) in [6.07, 6.45) is 3.21. The molecule has 0 spiro atoms. The summed E-state index contributed by atoms with van der Waals surface area (Å²) in [7, 11) is 0. The van der Waals surface area contributed by atoms with E-state index in [0.29, 0.717) is 12.1 Å².